The smallest absolute Gasteiger partial charge is 0.00930 e. The highest BCUT2D eigenvalue weighted by atomic mass is 14.4. The summed E-state index contributed by atoms with van der Waals surface area (Å²) in [6.07, 6.45) is 21.2. The molecule has 0 saturated carbocycles. The molecule has 0 aliphatic heterocycles. The van der Waals surface area contributed by atoms with E-state index in [1.54, 1.807) is 0 Å². The van der Waals surface area contributed by atoms with Crippen LogP contribution in [0.2, 0.25) is 0 Å². The molecular formula is C48H34. The van der Waals surface area contributed by atoms with Crippen molar-refractivity contribution in [2.24, 2.45) is 23.7 Å². The highest BCUT2D eigenvalue weighted by molar-refractivity contribution is 6.16. The van der Waals surface area contributed by atoms with Gasteiger partial charge in [-0.05, 0) is 119 Å². The van der Waals surface area contributed by atoms with Crippen LogP contribution in [-0.4, -0.2) is 0 Å². The Balaban J connectivity index is 1.28. The van der Waals surface area contributed by atoms with E-state index in [0.717, 1.165) is 0 Å². The highest BCUT2D eigenvalue weighted by Gasteiger charge is 2.37. The second-order valence-corrected chi connectivity index (χ2v) is 13.6. The molecule has 0 heterocycles. The van der Waals surface area contributed by atoms with Crippen LogP contribution >= 0.6 is 0 Å². The maximum absolute atomic E-state index is 2.56. The van der Waals surface area contributed by atoms with Crippen LogP contribution in [0.1, 0.15) is 5.56 Å². The second-order valence-electron chi connectivity index (χ2n) is 13.6. The minimum absolute atomic E-state index is 0.331. The summed E-state index contributed by atoms with van der Waals surface area (Å²) < 4.78 is 0. The van der Waals surface area contributed by atoms with E-state index in [0.29, 0.717) is 23.7 Å². The molecule has 0 aromatic heterocycles. The standard InChI is InChI=1S/C48H34/c1-4-16-37-31(13-1)28-46(43-22-10-7-19-40(37)43)34-25-35(47-29-32-14-2-5-17-38(32)41-20-8-11-23-44(41)47)27-36(26-34)48-30-33-15-3-6-18-39(33)42-21-9-12-24-45(42)48/h1-31,37,40,43H. The molecule has 226 valence electrons. The van der Waals surface area contributed by atoms with E-state index in [-0.39, 0.29) is 0 Å². The fourth-order valence-electron chi connectivity index (χ4n) is 8.79. The fourth-order valence-corrected chi connectivity index (χ4v) is 8.79. The van der Waals surface area contributed by atoms with Crippen LogP contribution in [0.4, 0.5) is 0 Å². The molecule has 3 aliphatic carbocycles. The van der Waals surface area contributed by atoms with Gasteiger partial charge >= 0.3 is 0 Å². The quantitative estimate of drug-likeness (QED) is 0.175. The van der Waals surface area contributed by atoms with Gasteiger partial charge < -0.3 is 0 Å². The minimum atomic E-state index is 0.331. The third kappa shape index (κ3) is 4.30. The largest absolute Gasteiger partial charge is 0.0799 e. The molecule has 7 aromatic rings. The van der Waals surface area contributed by atoms with E-state index in [1.165, 1.54) is 76.5 Å². The Labute approximate surface area is 281 Å². The first-order valence-corrected chi connectivity index (χ1v) is 17.2. The molecule has 0 radical (unpaired) electrons. The molecule has 0 nitrogen and oxygen atoms in total. The summed E-state index contributed by atoms with van der Waals surface area (Å²) in [6, 6.07) is 47.7. The molecule has 10 rings (SSSR count). The molecule has 0 bridgehead atoms. The van der Waals surface area contributed by atoms with Gasteiger partial charge in [0.15, 0.2) is 0 Å². The topological polar surface area (TPSA) is 0 Å². The monoisotopic (exact) mass is 610 g/mol. The van der Waals surface area contributed by atoms with Crippen LogP contribution in [0.15, 0.2) is 182 Å². The Hall–Kier alpha value is -5.72. The Morgan fingerprint density at radius 1 is 0.354 bits per heavy atom. The molecule has 0 fully saturated rings. The molecule has 3 aliphatic rings. The van der Waals surface area contributed by atoms with E-state index in [2.05, 4.69) is 182 Å². The van der Waals surface area contributed by atoms with Gasteiger partial charge in [0.05, 0.1) is 0 Å². The molecule has 4 unspecified atom stereocenters. The lowest BCUT2D eigenvalue weighted by Gasteiger charge is -2.40. The van der Waals surface area contributed by atoms with Crippen LogP contribution in [0, 0.1) is 23.7 Å². The molecule has 0 heteroatoms. The zero-order chi connectivity index (χ0) is 31.6. The second kappa shape index (κ2) is 10.9. The average Bonchev–Trinajstić information content (AvgIpc) is 3.16. The van der Waals surface area contributed by atoms with E-state index in [4.69, 9.17) is 0 Å². The third-order valence-corrected chi connectivity index (χ3v) is 11.0. The number of rotatable bonds is 3. The Morgan fingerprint density at radius 2 is 0.812 bits per heavy atom. The first-order chi connectivity index (χ1) is 23.8. The van der Waals surface area contributed by atoms with Gasteiger partial charge in [0.2, 0.25) is 0 Å². The first-order valence-electron chi connectivity index (χ1n) is 17.2. The predicted octanol–water partition coefficient (Wildman–Crippen LogP) is 12.7. The van der Waals surface area contributed by atoms with Crippen LogP contribution in [0.25, 0.3) is 70.9 Å². The predicted molar refractivity (Wildman–Crippen MR) is 206 cm³/mol. The third-order valence-electron chi connectivity index (χ3n) is 11.0. The minimum Gasteiger partial charge on any atom is -0.0799 e. The number of allylic oxidation sites excluding steroid dienone is 10. The van der Waals surface area contributed by atoms with E-state index in [9.17, 15) is 0 Å². The molecule has 48 heavy (non-hydrogen) atoms. The number of fused-ring (bicyclic) bond motifs is 9. The summed E-state index contributed by atoms with van der Waals surface area (Å²) >= 11 is 0. The van der Waals surface area contributed by atoms with Crippen molar-refractivity contribution in [2.45, 2.75) is 0 Å². The van der Waals surface area contributed by atoms with Crippen molar-refractivity contribution in [1.29, 1.82) is 0 Å². The lowest BCUT2D eigenvalue weighted by molar-refractivity contribution is 0.357. The summed E-state index contributed by atoms with van der Waals surface area (Å²) in [6.45, 7) is 0. The SMILES string of the molecule is C1=CC2C=C(c3cc(-c4cc5ccccc5c5ccccc45)cc(-c4cc5ccccc5c5ccccc45)c3)C3C=CC=CC3C2C=C1. The molecule has 0 saturated heterocycles. The Kier molecular flexibility index (Phi) is 6.24. The maximum Gasteiger partial charge on any atom is 0.00930 e. The lowest BCUT2D eigenvalue weighted by Crippen LogP contribution is -2.31. The van der Waals surface area contributed by atoms with Crippen molar-refractivity contribution in [3.8, 4) is 22.3 Å². The molecular weight excluding hydrogens is 577 g/mol. The van der Waals surface area contributed by atoms with Crippen LogP contribution < -0.4 is 0 Å². The number of hydrogen-bond donors (Lipinski definition) is 0. The Morgan fingerprint density at radius 3 is 1.42 bits per heavy atom. The molecule has 4 atom stereocenters. The summed E-state index contributed by atoms with van der Waals surface area (Å²) in [7, 11) is 0. The van der Waals surface area contributed by atoms with Gasteiger partial charge in [0.1, 0.15) is 0 Å². The van der Waals surface area contributed by atoms with Crippen LogP contribution in [-0.2, 0) is 0 Å². The van der Waals surface area contributed by atoms with Gasteiger partial charge in [-0.25, -0.2) is 0 Å². The van der Waals surface area contributed by atoms with Crippen molar-refractivity contribution in [3.05, 3.63) is 188 Å². The molecule has 7 aromatic carbocycles. The van der Waals surface area contributed by atoms with Crippen molar-refractivity contribution >= 4 is 48.7 Å². The summed E-state index contributed by atoms with van der Waals surface area (Å²) in [5.41, 5.74) is 7.82. The van der Waals surface area contributed by atoms with Crippen molar-refractivity contribution in [1.82, 2.24) is 0 Å². The zero-order valence-corrected chi connectivity index (χ0v) is 26.6. The Bertz CT molecular complexity index is 2450. The number of benzene rings is 7. The van der Waals surface area contributed by atoms with Crippen molar-refractivity contribution in [2.75, 3.05) is 0 Å². The van der Waals surface area contributed by atoms with Gasteiger partial charge in [0.25, 0.3) is 0 Å². The van der Waals surface area contributed by atoms with Crippen LogP contribution in [0.5, 0.6) is 0 Å². The summed E-state index contributed by atoms with van der Waals surface area (Å²) in [4.78, 5) is 0. The summed E-state index contributed by atoms with van der Waals surface area (Å²) in [5.74, 6) is 1.65. The van der Waals surface area contributed by atoms with E-state index >= 15 is 0 Å². The maximum atomic E-state index is 2.56. The van der Waals surface area contributed by atoms with Gasteiger partial charge in [-0.1, -0.05) is 152 Å². The molecule has 0 N–H and O–H groups in total. The van der Waals surface area contributed by atoms with Gasteiger partial charge in [-0.15, -0.1) is 0 Å². The highest BCUT2D eigenvalue weighted by Crippen LogP contribution is 2.49. The average molecular weight is 611 g/mol. The zero-order valence-electron chi connectivity index (χ0n) is 26.6. The summed E-state index contributed by atoms with van der Waals surface area (Å²) in [5, 5.41) is 10.3. The van der Waals surface area contributed by atoms with Crippen molar-refractivity contribution in [3.63, 3.8) is 0 Å². The lowest BCUT2D eigenvalue weighted by atomic mass is 9.63. The van der Waals surface area contributed by atoms with E-state index in [1.807, 2.05) is 0 Å². The van der Waals surface area contributed by atoms with Gasteiger partial charge in [0, 0.05) is 11.8 Å². The van der Waals surface area contributed by atoms with E-state index < -0.39 is 0 Å². The normalized spacial score (nSPS) is 21.1. The van der Waals surface area contributed by atoms with Gasteiger partial charge in [-0.2, -0.15) is 0 Å². The number of hydrogen-bond acceptors (Lipinski definition) is 0. The van der Waals surface area contributed by atoms with Gasteiger partial charge in [-0.3, -0.25) is 0 Å². The van der Waals surface area contributed by atoms with Crippen molar-refractivity contribution < 1.29 is 0 Å². The first kappa shape index (κ1) is 27.4. The fraction of sp³-hybridized carbons (Fsp3) is 0.0833. The molecule has 0 spiro atoms. The van der Waals surface area contributed by atoms with Crippen LogP contribution in [0.3, 0.4) is 0 Å². The molecule has 0 amide bonds.